The average Bonchev–Trinajstić information content (AvgIpc) is 3.21. The van der Waals surface area contributed by atoms with Crippen molar-refractivity contribution in [2.45, 2.75) is 39.5 Å². The summed E-state index contributed by atoms with van der Waals surface area (Å²) in [5, 5.41) is 0.704. The van der Waals surface area contributed by atoms with Crippen LogP contribution in [0.3, 0.4) is 0 Å². The second kappa shape index (κ2) is 9.03. The predicted molar refractivity (Wildman–Crippen MR) is 133 cm³/mol. The fourth-order valence-electron chi connectivity index (χ4n) is 4.76. The van der Waals surface area contributed by atoms with Gasteiger partial charge in [0.1, 0.15) is 5.76 Å². The number of piperidine rings is 1. The molecule has 1 aromatic heterocycles. The number of H-pyrrole nitrogens is 1. The second-order valence-electron chi connectivity index (χ2n) is 8.95. The molecule has 0 amide bonds. The molecule has 1 fully saturated rings. The quantitative estimate of drug-likeness (QED) is 0.443. The summed E-state index contributed by atoms with van der Waals surface area (Å²) in [6.45, 7) is 6.73. The van der Waals surface area contributed by atoms with E-state index >= 15 is 0 Å². The Balaban J connectivity index is 1.38. The number of aromatic amines is 1. The van der Waals surface area contributed by atoms with E-state index < -0.39 is 0 Å². The van der Waals surface area contributed by atoms with Gasteiger partial charge in [-0.3, -0.25) is 0 Å². The molecule has 0 spiro atoms. The molecule has 1 N–H and O–H groups in total. The molecule has 5 heteroatoms. The highest BCUT2D eigenvalue weighted by molar-refractivity contribution is 6.34. The molecule has 2 aliphatic rings. The van der Waals surface area contributed by atoms with Crippen molar-refractivity contribution in [2.75, 3.05) is 18.0 Å². The molecule has 3 aromatic rings. The molecule has 1 saturated heterocycles. The monoisotopic (exact) mass is 447 g/mol. The molecule has 2 heterocycles. The molecule has 32 heavy (non-hydrogen) atoms. The van der Waals surface area contributed by atoms with Crippen LogP contribution in [0, 0.1) is 11.8 Å². The molecular weight excluding hydrogens is 418 g/mol. The zero-order chi connectivity index (χ0) is 22.1. The largest absolute Gasteiger partial charge is 0.426 e. The van der Waals surface area contributed by atoms with Gasteiger partial charge in [0.2, 0.25) is 0 Å². The predicted octanol–water partition coefficient (Wildman–Crippen LogP) is 7.37. The van der Waals surface area contributed by atoms with E-state index in [9.17, 15) is 0 Å². The van der Waals surface area contributed by atoms with Gasteiger partial charge >= 0.3 is 0 Å². The van der Waals surface area contributed by atoms with E-state index in [-0.39, 0.29) is 0 Å². The maximum atomic E-state index is 6.66. The molecule has 2 atom stereocenters. The Morgan fingerprint density at radius 2 is 1.91 bits per heavy atom. The van der Waals surface area contributed by atoms with Gasteiger partial charge in [-0.25, -0.2) is 0 Å². The van der Waals surface area contributed by atoms with Crippen LogP contribution in [0.4, 0.5) is 5.69 Å². The van der Waals surface area contributed by atoms with Crippen LogP contribution in [-0.2, 0) is 0 Å². The molecule has 2 unspecified atom stereocenters. The van der Waals surface area contributed by atoms with Gasteiger partial charge in [-0.1, -0.05) is 43.7 Å². The SMILES string of the molecule is CCC1C=C(Oc2nc3cc(-c4ccc(N5CCCCC5)cc4)c(Cl)cc3[nH]2)C=CC1C. The summed E-state index contributed by atoms with van der Waals surface area (Å²) in [5.41, 5.74) is 5.09. The first-order valence-electron chi connectivity index (χ1n) is 11.7. The summed E-state index contributed by atoms with van der Waals surface area (Å²) in [5.74, 6) is 1.87. The van der Waals surface area contributed by atoms with Gasteiger partial charge in [-0.2, -0.15) is 4.98 Å². The first-order chi connectivity index (χ1) is 15.6. The summed E-state index contributed by atoms with van der Waals surface area (Å²) in [6, 6.07) is 13.2. The number of aromatic nitrogens is 2. The fourth-order valence-corrected chi connectivity index (χ4v) is 5.03. The third kappa shape index (κ3) is 4.29. The van der Waals surface area contributed by atoms with Crippen molar-refractivity contribution in [3.63, 3.8) is 0 Å². The van der Waals surface area contributed by atoms with E-state index in [1.807, 2.05) is 18.2 Å². The summed E-state index contributed by atoms with van der Waals surface area (Å²) in [6.07, 6.45) is 11.4. The van der Waals surface area contributed by atoms with Crippen LogP contribution in [0.1, 0.15) is 39.5 Å². The minimum Gasteiger partial charge on any atom is -0.426 e. The Hall–Kier alpha value is -2.72. The summed E-state index contributed by atoms with van der Waals surface area (Å²) >= 11 is 6.66. The van der Waals surface area contributed by atoms with Crippen LogP contribution in [0.15, 0.2) is 60.4 Å². The minimum atomic E-state index is 0.494. The summed E-state index contributed by atoms with van der Waals surface area (Å²) in [7, 11) is 0. The van der Waals surface area contributed by atoms with E-state index in [0.717, 1.165) is 47.4 Å². The van der Waals surface area contributed by atoms with Crippen molar-refractivity contribution in [3.8, 4) is 17.1 Å². The Morgan fingerprint density at radius 1 is 1.12 bits per heavy atom. The normalized spacial score (nSPS) is 21.1. The van der Waals surface area contributed by atoms with Gasteiger partial charge < -0.3 is 14.6 Å². The topological polar surface area (TPSA) is 41.1 Å². The number of hydrogen-bond acceptors (Lipinski definition) is 3. The standard InChI is InChI=1S/C27H30ClN3O/c1-3-19-15-22(12-7-18(19)2)32-27-29-25-16-23(24(28)17-26(25)30-27)20-8-10-21(11-9-20)31-13-5-4-6-14-31/h7-12,15-19H,3-6,13-14H2,1-2H3,(H,29,30). The number of hydrogen-bond donors (Lipinski definition) is 1. The lowest BCUT2D eigenvalue weighted by atomic mass is 9.87. The highest BCUT2D eigenvalue weighted by atomic mass is 35.5. The number of rotatable bonds is 5. The first-order valence-corrected chi connectivity index (χ1v) is 12.1. The van der Waals surface area contributed by atoms with Crippen LogP contribution in [-0.4, -0.2) is 23.1 Å². The van der Waals surface area contributed by atoms with Crippen molar-refractivity contribution >= 4 is 28.3 Å². The van der Waals surface area contributed by atoms with E-state index in [2.05, 4.69) is 65.1 Å². The van der Waals surface area contributed by atoms with Crippen molar-refractivity contribution in [1.82, 2.24) is 9.97 Å². The van der Waals surface area contributed by atoms with E-state index in [0.29, 0.717) is 22.9 Å². The maximum absolute atomic E-state index is 6.66. The molecule has 4 nitrogen and oxygen atoms in total. The Bertz CT molecular complexity index is 1160. The summed E-state index contributed by atoms with van der Waals surface area (Å²) < 4.78 is 6.05. The lowest BCUT2D eigenvalue weighted by Gasteiger charge is -2.28. The average molecular weight is 448 g/mol. The van der Waals surface area contributed by atoms with Crippen molar-refractivity contribution < 1.29 is 4.74 Å². The third-order valence-corrected chi connectivity index (χ3v) is 7.06. The van der Waals surface area contributed by atoms with E-state index in [1.165, 1.54) is 24.9 Å². The molecule has 2 aromatic carbocycles. The summed E-state index contributed by atoms with van der Waals surface area (Å²) in [4.78, 5) is 10.4. The molecule has 166 valence electrons. The van der Waals surface area contributed by atoms with Crippen LogP contribution in [0.2, 0.25) is 5.02 Å². The van der Waals surface area contributed by atoms with Gasteiger partial charge in [0.25, 0.3) is 6.01 Å². The highest BCUT2D eigenvalue weighted by Gasteiger charge is 2.18. The third-order valence-electron chi connectivity index (χ3n) is 6.75. The van der Waals surface area contributed by atoms with E-state index in [4.69, 9.17) is 16.3 Å². The van der Waals surface area contributed by atoms with Crippen molar-refractivity contribution in [2.24, 2.45) is 11.8 Å². The first kappa shape index (κ1) is 21.1. The Morgan fingerprint density at radius 3 is 2.66 bits per heavy atom. The van der Waals surface area contributed by atoms with Crippen molar-refractivity contribution in [1.29, 1.82) is 0 Å². The molecule has 0 radical (unpaired) electrons. The lowest BCUT2D eigenvalue weighted by molar-refractivity contribution is 0.386. The molecule has 0 saturated carbocycles. The number of ether oxygens (including phenoxy) is 1. The Kier molecular flexibility index (Phi) is 5.97. The van der Waals surface area contributed by atoms with Gasteiger partial charge in [0.15, 0.2) is 0 Å². The van der Waals surface area contributed by atoms with Gasteiger partial charge in [-0.15, -0.1) is 0 Å². The molecule has 5 rings (SSSR count). The van der Waals surface area contributed by atoms with Gasteiger partial charge in [-0.05, 0) is 79.5 Å². The molecular formula is C27H30ClN3O. The smallest absolute Gasteiger partial charge is 0.300 e. The van der Waals surface area contributed by atoms with Gasteiger partial charge in [0.05, 0.1) is 16.1 Å². The van der Waals surface area contributed by atoms with Crippen molar-refractivity contribution in [3.05, 3.63) is 65.4 Å². The number of nitrogens with zero attached hydrogens (tertiary/aromatic N) is 2. The number of fused-ring (bicyclic) bond motifs is 1. The number of anilines is 1. The number of nitrogens with one attached hydrogen (secondary N) is 1. The van der Waals surface area contributed by atoms with E-state index in [1.54, 1.807) is 0 Å². The Labute approximate surface area is 194 Å². The molecule has 1 aliphatic heterocycles. The van der Waals surface area contributed by atoms with Crippen LogP contribution < -0.4 is 9.64 Å². The minimum absolute atomic E-state index is 0.494. The van der Waals surface area contributed by atoms with Gasteiger partial charge in [0, 0.05) is 24.3 Å². The molecule has 0 bridgehead atoms. The number of benzene rings is 2. The highest BCUT2D eigenvalue weighted by Crippen LogP contribution is 2.34. The van der Waals surface area contributed by atoms with Crippen LogP contribution in [0.25, 0.3) is 22.2 Å². The number of halogens is 1. The fraction of sp³-hybridized carbons (Fsp3) is 0.370. The molecule has 1 aliphatic carbocycles. The number of imidazole rings is 1. The zero-order valence-electron chi connectivity index (χ0n) is 18.8. The van der Waals surface area contributed by atoms with Crippen LogP contribution >= 0.6 is 11.6 Å². The maximum Gasteiger partial charge on any atom is 0.300 e. The number of allylic oxidation sites excluding steroid dienone is 3. The lowest BCUT2D eigenvalue weighted by Crippen LogP contribution is -2.29. The zero-order valence-corrected chi connectivity index (χ0v) is 19.5. The second-order valence-corrected chi connectivity index (χ2v) is 9.35. The van der Waals surface area contributed by atoms with Crippen LogP contribution in [0.5, 0.6) is 6.01 Å².